The number of rotatable bonds is 9. The molecule has 9 heteroatoms. The molecule has 1 aromatic rings. The summed E-state index contributed by atoms with van der Waals surface area (Å²) in [5.41, 5.74) is 1.94. The summed E-state index contributed by atoms with van der Waals surface area (Å²) in [5, 5.41) is 2.82. The number of aryl methyl sites for hydroxylation is 1. The van der Waals surface area contributed by atoms with Crippen LogP contribution in [-0.4, -0.2) is 61.5 Å². The normalized spacial score (nSPS) is 18.1. The van der Waals surface area contributed by atoms with Crippen molar-refractivity contribution in [2.24, 2.45) is 0 Å². The van der Waals surface area contributed by atoms with Crippen LogP contribution < -0.4 is 10.0 Å². The number of thioether (sulfide) groups is 1. The van der Waals surface area contributed by atoms with Gasteiger partial charge >= 0.3 is 0 Å². The van der Waals surface area contributed by atoms with Gasteiger partial charge in [-0.05, 0) is 82.2 Å². The summed E-state index contributed by atoms with van der Waals surface area (Å²) < 4.78 is 26.4. The molecule has 1 aliphatic rings. The summed E-state index contributed by atoms with van der Waals surface area (Å²) in [7, 11) is -3.50. The number of nitrogens with one attached hydrogen (secondary N) is 2. The summed E-state index contributed by atoms with van der Waals surface area (Å²) in [6.45, 7) is 6.21. The molecule has 0 aromatic heterocycles. The van der Waals surface area contributed by atoms with Gasteiger partial charge in [0, 0.05) is 23.8 Å². The van der Waals surface area contributed by atoms with Gasteiger partial charge in [0.2, 0.25) is 15.9 Å². The Kier molecular flexibility index (Phi) is 9.18. The van der Waals surface area contributed by atoms with Crippen LogP contribution in [0.4, 0.5) is 5.69 Å². The SMILES string of the molecule is CCS(=O)(=O)NC(CCSC)C(=O)Nc1ccc(C(=O)N2CCCCC2C)cc1C. The highest BCUT2D eigenvalue weighted by molar-refractivity contribution is 7.98. The van der Waals surface area contributed by atoms with E-state index in [4.69, 9.17) is 0 Å². The fourth-order valence-electron chi connectivity index (χ4n) is 3.50. The molecule has 0 bridgehead atoms. The summed E-state index contributed by atoms with van der Waals surface area (Å²) in [4.78, 5) is 27.5. The molecule has 1 heterocycles. The molecule has 2 rings (SSSR count). The van der Waals surface area contributed by atoms with Crippen LogP contribution in [0.5, 0.6) is 0 Å². The van der Waals surface area contributed by atoms with E-state index < -0.39 is 22.0 Å². The molecule has 7 nitrogen and oxygen atoms in total. The number of anilines is 1. The quantitative estimate of drug-likeness (QED) is 0.597. The zero-order valence-corrected chi connectivity index (χ0v) is 19.9. The molecule has 0 saturated carbocycles. The molecule has 0 spiro atoms. The molecule has 0 radical (unpaired) electrons. The van der Waals surface area contributed by atoms with Gasteiger partial charge < -0.3 is 10.2 Å². The minimum Gasteiger partial charge on any atom is -0.336 e. The Bertz CT molecular complexity index is 858. The standard InChI is InChI=1S/C21H33N3O4S2/c1-5-30(27,28)23-19(11-13-29-4)20(25)22-18-10-9-17(14-15(18)2)21(26)24-12-7-6-8-16(24)3/h9-10,14,16,19,23H,5-8,11-13H2,1-4H3,(H,22,25). The lowest BCUT2D eigenvalue weighted by Gasteiger charge is -2.33. The summed E-state index contributed by atoms with van der Waals surface area (Å²) in [5.74, 6) is 0.190. The van der Waals surface area contributed by atoms with Crippen molar-refractivity contribution in [3.63, 3.8) is 0 Å². The van der Waals surface area contributed by atoms with Crippen LogP contribution in [0.2, 0.25) is 0 Å². The van der Waals surface area contributed by atoms with E-state index >= 15 is 0 Å². The summed E-state index contributed by atoms with van der Waals surface area (Å²) >= 11 is 1.55. The highest BCUT2D eigenvalue weighted by Crippen LogP contribution is 2.22. The van der Waals surface area contributed by atoms with Crippen LogP contribution in [-0.2, 0) is 14.8 Å². The lowest BCUT2D eigenvalue weighted by atomic mass is 10.0. The van der Waals surface area contributed by atoms with E-state index in [1.165, 1.54) is 6.92 Å². The van der Waals surface area contributed by atoms with Crippen molar-refractivity contribution in [2.75, 3.05) is 29.6 Å². The van der Waals surface area contributed by atoms with E-state index in [1.54, 1.807) is 30.0 Å². The Morgan fingerprint density at radius 3 is 2.63 bits per heavy atom. The van der Waals surface area contributed by atoms with E-state index in [0.717, 1.165) is 31.4 Å². The van der Waals surface area contributed by atoms with Crippen LogP contribution in [0.25, 0.3) is 0 Å². The van der Waals surface area contributed by atoms with Gasteiger partial charge in [0.25, 0.3) is 5.91 Å². The molecule has 2 N–H and O–H groups in total. The number of sulfonamides is 1. The van der Waals surface area contributed by atoms with E-state index in [1.807, 2.05) is 18.1 Å². The molecule has 0 aliphatic carbocycles. The smallest absolute Gasteiger partial charge is 0.254 e. The third-order valence-corrected chi connectivity index (χ3v) is 7.47. The van der Waals surface area contributed by atoms with Gasteiger partial charge in [0.15, 0.2) is 0 Å². The zero-order chi connectivity index (χ0) is 22.3. The molecule has 2 unspecified atom stereocenters. The number of carbonyl (C=O) groups is 2. The zero-order valence-electron chi connectivity index (χ0n) is 18.2. The highest BCUT2D eigenvalue weighted by Gasteiger charge is 2.26. The predicted molar refractivity (Wildman–Crippen MR) is 124 cm³/mol. The molecule has 2 amide bonds. The Morgan fingerprint density at radius 1 is 1.30 bits per heavy atom. The number of carbonyl (C=O) groups excluding carboxylic acids is 2. The van der Waals surface area contributed by atoms with E-state index in [0.29, 0.717) is 23.4 Å². The average molecular weight is 456 g/mol. The molecule has 1 aliphatic heterocycles. The van der Waals surface area contributed by atoms with Crippen molar-refractivity contribution in [2.45, 2.75) is 58.5 Å². The molecular formula is C21H33N3O4S2. The first-order chi connectivity index (χ1) is 14.2. The van der Waals surface area contributed by atoms with Gasteiger partial charge in [0.1, 0.15) is 6.04 Å². The maximum atomic E-state index is 12.9. The minimum atomic E-state index is -3.50. The molecule has 168 valence electrons. The van der Waals surface area contributed by atoms with Gasteiger partial charge in [0.05, 0.1) is 5.75 Å². The van der Waals surface area contributed by atoms with Crippen LogP contribution in [0.1, 0.15) is 55.5 Å². The second-order valence-corrected chi connectivity index (χ2v) is 10.7. The summed E-state index contributed by atoms with van der Waals surface area (Å²) in [6, 6.07) is 4.62. The first-order valence-corrected chi connectivity index (χ1v) is 13.4. The van der Waals surface area contributed by atoms with Crippen molar-refractivity contribution < 1.29 is 18.0 Å². The number of piperidine rings is 1. The molecular weight excluding hydrogens is 422 g/mol. The van der Waals surface area contributed by atoms with E-state index in [9.17, 15) is 18.0 Å². The fourth-order valence-corrected chi connectivity index (χ4v) is 4.80. The highest BCUT2D eigenvalue weighted by atomic mass is 32.2. The summed E-state index contributed by atoms with van der Waals surface area (Å²) in [6.07, 6.45) is 5.49. The second-order valence-electron chi connectivity index (χ2n) is 7.72. The van der Waals surface area contributed by atoms with Crippen LogP contribution in [0.15, 0.2) is 18.2 Å². The van der Waals surface area contributed by atoms with Crippen molar-refractivity contribution in [3.05, 3.63) is 29.3 Å². The van der Waals surface area contributed by atoms with Crippen LogP contribution in [0, 0.1) is 6.92 Å². The first kappa shape index (κ1) is 24.7. The molecule has 30 heavy (non-hydrogen) atoms. The Hall–Kier alpha value is -1.58. The fraction of sp³-hybridized carbons (Fsp3) is 0.619. The van der Waals surface area contributed by atoms with E-state index in [2.05, 4.69) is 17.0 Å². The molecule has 1 aromatic carbocycles. The number of nitrogens with zero attached hydrogens (tertiary/aromatic N) is 1. The van der Waals surface area contributed by atoms with Gasteiger partial charge in [-0.2, -0.15) is 11.8 Å². The molecule has 2 atom stereocenters. The maximum Gasteiger partial charge on any atom is 0.254 e. The number of amides is 2. The third kappa shape index (κ3) is 6.72. The van der Waals surface area contributed by atoms with Crippen molar-refractivity contribution in [1.29, 1.82) is 0 Å². The molecule has 1 saturated heterocycles. The molecule has 1 fully saturated rings. The first-order valence-electron chi connectivity index (χ1n) is 10.4. The van der Waals surface area contributed by atoms with Crippen molar-refractivity contribution in [3.8, 4) is 0 Å². The van der Waals surface area contributed by atoms with Gasteiger partial charge in [-0.3, -0.25) is 9.59 Å². The topological polar surface area (TPSA) is 95.6 Å². The average Bonchev–Trinajstić information content (AvgIpc) is 2.72. The maximum absolute atomic E-state index is 12.9. The largest absolute Gasteiger partial charge is 0.336 e. The second kappa shape index (κ2) is 11.2. The number of hydrogen-bond acceptors (Lipinski definition) is 5. The van der Waals surface area contributed by atoms with Gasteiger partial charge in [-0.25, -0.2) is 13.1 Å². The third-order valence-electron chi connectivity index (χ3n) is 5.42. The Labute approximate surface area is 184 Å². The lowest BCUT2D eigenvalue weighted by molar-refractivity contribution is -0.117. The van der Waals surface area contributed by atoms with Gasteiger partial charge in [-0.15, -0.1) is 0 Å². The van der Waals surface area contributed by atoms with E-state index in [-0.39, 0.29) is 17.7 Å². The predicted octanol–water partition coefficient (Wildman–Crippen LogP) is 3.01. The van der Waals surface area contributed by atoms with Crippen LogP contribution >= 0.6 is 11.8 Å². The number of benzene rings is 1. The number of likely N-dealkylation sites (tertiary alicyclic amines) is 1. The van der Waals surface area contributed by atoms with Crippen molar-refractivity contribution >= 4 is 39.3 Å². The minimum absolute atomic E-state index is 0.0109. The Balaban J connectivity index is 2.13. The van der Waals surface area contributed by atoms with Gasteiger partial charge in [-0.1, -0.05) is 0 Å². The Morgan fingerprint density at radius 2 is 2.03 bits per heavy atom. The van der Waals surface area contributed by atoms with Crippen LogP contribution in [0.3, 0.4) is 0 Å². The lowest BCUT2D eigenvalue weighted by Crippen LogP contribution is -2.44. The number of hydrogen-bond donors (Lipinski definition) is 2. The monoisotopic (exact) mass is 455 g/mol. The van der Waals surface area contributed by atoms with Crippen molar-refractivity contribution in [1.82, 2.24) is 9.62 Å².